The van der Waals surface area contributed by atoms with Gasteiger partial charge in [-0.3, -0.25) is 4.99 Å². The number of benzene rings is 1. The van der Waals surface area contributed by atoms with Crippen molar-refractivity contribution in [3.63, 3.8) is 0 Å². The predicted octanol–water partition coefficient (Wildman–Crippen LogP) is 1.70. The third-order valence-corrected chi connectivity index (χ3v) is 3.25. The van der Waals surface area contributed by atoms with Crippen molar-refractivity contribution in [1.29, 1.82) is 0 Å². The fraction of sp³-hybridized carbons (Fsp3) is 0.143. The SMILES string of the molecule is CN=Cc1c(N)nc2c(c1N)Cc1ccc(O)cc1O2. The number of hydrogen-bond donors (Lipinski definition) is 3. The third kappa shape index (κ3) is 1.82. The standard InChI is InChI=1S/C14H14N4O2/c1-17-6-10-12(15)9-4-7-2-3-8(19)5-11(7)20-14(9)18-13(10)16/h2-3,5-6,19H,4H2,1H3,(H4,15,16,18). The van der Waals surface area contributed by atoms with E-state index < -0.39 is 0 Å². The van der Waals surface area contributed by atoms with Crippen LogP contribution in [0.3, 0.4) is 0 Å². The van der Waals surface area contributed by atoms with Gasteiger partial charge in [0.15, 0.2) is 0 Å². The molecule has 1 aliphatic heterocycles. The highest BCUT2D eigenvalue weighted by molar-refractivity contribution is 5.94. The van der Waals surface area contributed by atoms with Gasteiger partial charge in [-0.15, -0.1) is 0 Å². The maximum Gasteiger partial charge on any atom is 0.226 e. The highest BCUT2D eigenvalue weighted by atomic mass is 16.5. The van der Waals surface area contributed by atoms with E-state index in [0.717, 1.165) is 11.1 Å². The molecule has 0 saturated carbocycles. The number of rotatable bonds is 1. The molecule has 6 heteroatoms. The van der Waals surface area contributed by atoms with E-state index >= 15 is 0 Å². The maximum absolute atomic E-state index is 9.49. The second-order valence-electron chi connectivity index (χ2n) is 4.57. The number of aliphatic imine (C=N–C) groups is 1. The van der Waals surface area contributed by atoms with Crippen LogP contribution in [0, 0.1) is 0 Å². The second kappa shape index (κ2) is 4.41. The molecule has 0 amide bonds. The van der Waals surface area contributed by atoms with Crippen LogP contribution >= 0.6 is 0 Å². The van der Waals surface area contributed by atoms with Crippen molar-refractivity contribution < 1.29 is 9.84 Å². The van der Waals surface area contributed by atoms with Crippen molar-refractivity contribution in [2.75, 3.05) is 18.5 Å². The van der Waals surface area contributed by atoms with Crippen molar-refractivity contribution in [1.82, 2.24) is 4.98 Å². The van der Waals surface area contributed by atoms with Crippen LogP contribution in [0.2, 0.25) is 0 Å². The highest BCUT2D eigenvalue weighted by Crippen LogP contribution is 2.41. The van der Waals surface area contributed by atoms with E-state index in [1.54, 1.807) is 31.5 Å². The molecule has 0 fully saturated rings. The lowest BCUT2D eigenvalue weighted by molar-refractivity contribution is 0.430. The number of nitrogens with zero attached hydrogens (tertiary/aromatic N) is 2. The largest absolute Gasteiger partial charge is 0.508 e. The van der Waals surface area contributed by atoms with Crippen LogP contribution in [-0.2, 0) is 6.42 Å². The van der Waals surface area contributed by atoms with Crippen LogP contribution in [0.5, 0.6) is 17.4 Å². The average Bonchev–Trinajstić information content (AvgIpc) is 2.42. The van der Waals surface area contributed by atoms with Gasteiger partial charge < -0.3 is 21.3 Å². The molecule has 2 heterocycles. The summed E-state index contributed by atoms with van der Waals surface area (Å²) in [5, 5.41) is 9.49. The Hall–Kier alpha value is -2.76. The first-order chi connectivity index (χ1) is 9.60. The number of nitrogen functional groups attached to an aromatic ring is 2. The number of anilines is 2. The predicted molar refractivity (Wildman–Crippen MR) is 77.6 cm³/mol. The number of aromatic nitrogens is 1. The Morgan fingerprint density at radius 1 is 1.40 bits per heavy atom. The van der Waals surface area contributed by atoms with E-state index in [0.29, 0.717) is 29.3 Å². The van der Waals surface area contributed by atoms with Crippen molar-refractivity contribution >= 4 is 17.7 Å². The van der Waals surface area contributed by atoms with Gasteiger partial charge in [0.2, 0.25) is 5.88 Å². The number of hydrogen-bond acceptors (Lipinski definition) is 6. The maximum atomic E-state index is 9.49. The lowest BCUT2D eigenvalue weighted by Crippen LogP contribution is -2.12. The molecule has 1 aromatic carbocycles. The minimum absolute atomic E-state index is 0.142. The fourth-order valence-electron chi connectivity index (χ4n) is 2.25. The summed E-state index contributed by atoms with van der Waals surface area (Å²) in [6, 6.07) is 4.97. The molecule has 0 atom stereocenters. The molecule has 1 aliphatic rings. The minimum Gasteiger partial charge on any atom is -0.508 e. The van der Waals surface area contributed by atoms with E-state index in [-0.39, 0.29) is 11.6 Å². The number of aromatic hydroxyl groups is 1. The van der Waals surface area contributed by atoms with Crippen LogP contribution in [-0.4, -0.2) is 23.4 Å². The molecule has 0 radical (unpaired) electrons. The van der Waals surface area contributed by atoms with Gasteiger partial charge in [0, 0.05) is 31.3 Å². The first-order valence-electron chi connectivity index (χ1n) is 6.10. The molecule has 6 nitrogen and oxygen atoms in total. The summed E-state index contributed by atoms with van der Waals surface area (Å²) in [4.78, 5) is 8.16. The number of phenolic OH excluding ortho intramolecular Hbond substituents is 1. The van der Waals surface area contributed by atoms with E-state index in [1.165, 1.54) is 0 Å². The molecule has 102 valence electrons. The average molecular weight is 270 g/mol. The van der Waals surface area contributed by atoms with Crippen LogP contribution < -0.4 is 16.2 Å². The van der Waals surface area contributed by atoms with Gasteiger partial charge in [-0.25, -0.2) is 0 Å². The van der Waals surface area contributed by atoms with Crippen molar-refractivity contribution in [3.8, 4) is 17.4 Å². The molecule has 5 N–H and O–H groups in total. The summed E-state index contributed by atoms with van der Waals surface area (Å²) < 4.78 is 5.68. The van der Waals surface area contributed by atoms with Crippen LogP contribution in [0.25, 0.3) is 0 Å². The monoisotopic (exact) mass is 270 g/mol. The van der Waals surface area contributed by atoms with E-state index in [9.17, 15) is 5.11 Å². The Kier molecular flexibility index (Phi) is 2.71. The summed E-state index contributed by atoms with van der Waals surface area (Å²) in [5.41, 5.74) is 14.9. The number of ether oxygens (including phenoxy) is 1. The topological polar surface area (TPSA) is 107 Å². The Morgan fingerprint density at radius 3 is 2.95 bits per heavy atom. The van der Waals surface area contributed by atoms with Crippen molar-refractivity contribution in [3.05, 3.63) is 34.9 Å². The van der Waals surface area contributed by atoms with Gasteiger partial charge in [-0.05, 0) is 11.6 Å². The molecular formula is C14H14N4O2. The zero-order valence-electron chi connectivity index (χ0n) is 10.9. The Morgan fingerprint density at radius 2 is 2.20 bits per heavy atom. The van der Waals surface area contributed by atoms with Crippen LogP contribution in [0.4, 0.5) is 11.5 Å². The van der Waals surface area contributed by atoms with Gasteiger partial charge in [-0.2, -0.15) is 4.98 Å². The zero-order valence-corrected chi connectivity index (χ0v) is 10.9. The molecule has 20 heavy (non-hydrogen) atoms. The normalized spacial score (nSPS) is 12.8. The first-order valence-corrected chi connectivity index (χ1v) is 6.10. The van der Waals surface area contributed by atoms with Gasteiger partial charge in [0.25, 0.3) is 0 Å². The van der Waals surface area contributed by atoms with Gasteiger partial charge in [0.05, 0.1) is 11.3 Å². The summed E-state index contributed by atoms with van der Waals surface area (Å²) in [6.45, 7) is 0. The van der Waals surface area contributed by atoms with Crippen molar-refractivity contribution in [2.45, 2.75) is 6.42 Å². The third-order valence-electron chi connectivity index (χ3n) is 3.25. The molecule has 0 unspecified atom stereocenters. The molecule has 0 spiro atoms. The fourth-order valence-corrected chi connectivity index (χ4v) is 2.25. The molecular weight excluding hydrogens is 256 g/mol. The smallest absolute Gasteiger partial charge is 0.226 e. The lowest BCUT2D eigenvalue weighted by Gasteiger charge is -2.22. The minimum atomic E-state index is 0.142. The zero-order chi connectivity index (χ0) is 14.3. The molecule has 3 rings (SSSR count). The van der Waals surface area contributed by atoms with E-state index in [4.69, 9.17) is 16.2 Å². The molecule has 1 aromatic heterocycles. The second-order valence-corrected chi connectivity index (χ2v) is 4.57. The van der Waals surface area contributed by atoms with Crippen molar-refractivity contribution in [2.24, 2.45) is 4.99 Å². The number of pyridine rings is 1. The summed E-state index contributed by atoms with van der Waals surface area (Å²) in [6.07, 6.45) is 2.17. The van der Waals surface area contributed by atoms with Gasteiger partial charge in [0.1, 0.15) is 17.3 Å². The van der Waals surface area contributed by atoms with E-state index in [1.807, 2.05) is 0 Å². The number of nitrogens with two attached hydrogens (primary N) is 2. The van der Waals surface area contributed by atoms with Gasteiger partial charge in [-0.1, -0.05) is 6.07 Å². The summed E-state index contributed by atoms with van der Waals surface area (Å²) in [7, 11) is 1.65. The molecule has 2 aromatic rings. The van der Waals surface area contributed by atoms with Crippen LogP contribution in [0.15, 0.2) is 23.2 Å². The Labute approximate surface area is 115 Å². The van der Waals surface area contributed by atoms with Gasteiger partial charge >= 0.3 is 0 Å². The highest BCUT2D eigenvalue weighted by Gasteiger charge is 2.23. The summed E-state index contributed by atoms with van der Waals surface area (Å²) >= 11 is 0. The first kappa shape index (κ1) is 12.3. The van der Waals surface area contributed by atoms with E-state index in [2.05, 4.69) is 9.98 Å². The molecule has 0 bridgehead atoms. The Bertz CT molecular complexity index is 726. The molecule has 0 saturated heterocycles. The number of phenols is 1. The molecule has 0 aliphatic carbocycles. The Balaban J connectivity index is 2.15. The number of fused-ring (bicyclic) bond motifs is 2. The summed E-state index contributed by atoms with van der Waals surface area (Å²) in [5.74, 6) is 1.37. The lowest BCUT2D eigenvalue weighted by atomic mass is 9.99. The quantitative estimate of drug-likeness (QED) is 0.583. The van der Waals surface area contributed by atoms with Crippen LogP contribution in [0.1, 0.15) is 16.7 Å².